The van der Waals surface area contributed by atoms with E-state index in [2.05, 4.69) is 15.5 Å². The first-order valence-corrected chi connectivity index (χ1v) is 9.04. The summed E-state index contributed by atoms with van der Waals surface area (Å²) in [5.41, 5.74) is 1.55. The highest BCUT2D eigenvalue weighted by Gasteiger charge is 2.07. The number of nitrogens with one attached hydrogen (secondary N) is 2. The predicted octanol–water partition coefficient (Wildman–Crippen LogP) is 5.76. The fourth-order valence-electron chi connectivity index (χ4n) is 2.19. The van der Waals surface area contributed by atoms with Gasteiger partial charge in [0.1, 0.15) is 0 Å². The molecule has 2 rings (SSSR count). The molecule has 0 spiro atoms. The van der Waals surface area contributed by atoms with Crippen LogP contribution >= 0.6 is 46.4 Å². The second-order valence-electron chi connectivity index (χ2n) is 5.35. The van der Waals surface area contributed by atoms with Gasteiger partial charge in [-0.05, 0) is 31.3 Å². The molecule has 0 aromatic heterocycles. The Balaban J connectivity index is 1.73. The molecule has 7 heteroatoms. The lowest BCUT2D eigenvalue weighted by atomic mass is 10.3. The minimum Gasteiger partial charge on any atom is -0.381 e. The molecule has 0 aliphatic heterocycles. The molecule has 0 amide bonds. The quantitative estimate of drug-likeness (QED) is 0.583. The van der Waals surface area contributed by atoms with Gasteiger partial charge in [-0.3, -0.25) is 0 Å². The van der Waals surface area contributed by atoms with Gasteiger partial charge in [-0.15, -0.1) is 0 Å². The zero-order valence-electron chi connectivity index (χ0n) is 13.3. The van der Waals surface area contributed by atoms with E-state index in [9.17, 15) is 0 Å². The third kappa shape index (κ3) is 5.61. The highest BCUT2D eigenvalue weighted by Crippen LogP contribution is 2.30. The number of para-hydroxylation sites is 2. The largest absolute Gasteiger partial charge is 0.381 e. The zero-order valence-corrected chi connectivity index (χ0v) is 16.3. The molecule has 0 bridgehead atoms. The molecule has 0 unspecified atom stereocenters. The molecule has 0 atom stereocenters. The van der Waals surface area contributed by atoms with Crippen LogP contribution in [0.15, 0.2) is 36.4 Å². The summed E-state index contributed by atoms with van der Waals surface area (Å²) in [6, 6.07) is 10.9. The lowest BCUT2D eigenvalue weighted by Crippen LogP contribution is -2.30. The van der Waals surface area contributed by atoms with E-state index in [-0.39, 0.29) is 0 Å². The molecule has 2 aromatic carbocycles. The van der Waals surface area contributed by atoms with Crippen LogP contribution in [0.2, 0.25) is 20.1 Å². The molecule has 0 heterocycles. The first-order chi connectivity index (χ1) is 11.5. The molecular formula is C17H19Cl4N3. The van der Waals surface area contributed by atoms with Crippen LogP contribution in [0.4, 0.5) is 11.4 Å². The van der Waals surface area contributed by atoms with Gasteiger partial charge in [0.25, 0.3) is 0 Å². The van der Waals surface area contributed by atoms with Crippen molar-refractivity contribution in [3.8, 4) is 0 Å². The van der Waals surface area contributed by atoms with E-state index in [1.807, 2.05) is 43.4 Å². The average Bonchev–Trinajstić information content (AvgIpc) is 2.53. The Morgan fingerprint density at radius 2 is 1.04 bits per heavy atom. The number of anilines is 2. The molecular weight excluding hydrogens is 388 g/mol. The SMILES string of the molecule is CN(CCNc1c(Cl)cccc1Cl)CCNc1c(Cl)cccc1Cl. The third-order valence-corrected chi connectivity index (χ3v) is 4.78. The number of benzene rings is 2. The van der Waals surface area contributed by atoms with Crippen LogP contribution in [0.25, 0.3) is 0 Å². The fourth-order valence-corrected chi connectivity index (χ4v) is 3.25. The number of rotatable bonds is 8. The Bertz CT molecular complexity index is 581. The Labute approximate surface area is 162 Å². The molecule has 2 aromatic rings. The summed E-state index contributed by atoms with van der Waals surface area (Å²) in [7, 11) is 2.05. The molecule has 0 saturated heterocycles. The van der Waals surface area contributed by atoms with Crippen molar-refractivity contribution in [2.75, 3.05) is 43.9 Å². The van der Waals surface area contributed by atoms with Gasteiger partial charge in [-0.1, -0.05) is 58.5 Å². The first kappa shape index (κ1) is 19.5. The molecule has 24 heavy (non-hydrogen) atoms. The summed E-state index contributed by atoms with van der Waals surface area (Å²) in [6.45, 7) is 3.18. The zero-order chi connectivity index (χ0) is 17.5. The minimum atomic E-state index is 0.625. The second-order valence-corrected chi connectivity index (χ2v) is 6.98. The van der Waals surface area contributed by atoms with Crippen molar-refractivity contribution in [1.29, 1.82) is 0 Å². The van der Waals surface area contributed by atoms with Gasteiger partial charge in [-0.25, -0.2) is 0 Å². The maximum absolute atomic E-state index is 6.13. The van der Waals surface area contributed by atoms with Crippen molar-refractivity contribution < 1.29 is 0 Å². The van der Waals surface area contributed by atoms with E-state index >= 15 is 0 Å². The molecule has 0 fully saturated rings. The summed E-state index contributed by atoms with van der Waals surface area (Å²) in [5, 5.41) is 9.04. The lowest BCUT2D eigenvalue weighted by Gasteiger charge is -2.19. The summed E-state index contributed by atoms with van der Waals surface area (Å²) in [5.74, 6) is 0. The lowest BCUT2D eigenvalue weighted by molar-refractivity contribution is 0.361. The smallest absolute Gasteiger partial charge is 0.0719 e. The van der Waals surface area contributed by atoms with Crippen LogP contribution in [-0.2, 0) is 0 Å². The second kappa shape index (κ2) is 9.59. The highest BCUT2D eigenvalue weighted by molar-refractivity contribution is 6.39. The van der Waals surface area contributed by atoms with Gasteiger partial charge in [0.05, 0.1) is 31.5 Å². The van der Waals surface area contributed by atoms with Crippen LogP contribution in [0.3, 0.4) is 0 Å². The van der Waals surface area contributed by atoms with Gasteiger partial charge >= 0.3 is 0 Å². The van der Waals surface area contributed by atoms with Crippen molar-refractivity contribution in [1.82, 2.24) is 4.90 Å². The van der Waals surface area contributed by atoms with E-state index < -0.39 is 0 Å². The number of likely N-dealkylation sites (N-methyl/N-ethyl adjacent to an activating group) is 1. The van der Waals surface area contributed by atoms with Crippen LogP contribution in [0, 0.1) is 0 Å². The molecule has 130 valence electrons. The van der Waals surface area contributed by atoms with Crippen molar-refractivity contribution in [2.45, 2.75) is 0 Å². The van der Waals surface area contributed by atoms with Crippen LogP contribution in [0.5, 0.6) is 0 Å². The normalized spacial score (nSPS) is 10.9. The molecule has 3 nitrogen and oxygen atoms in total. The molecule has 2 N–H and O–H groups in total. The van der Waals surface area contributed by atoms with E-state index in [0.29, 0.717) is 20.1 Å². The third-order valence-electron chi connectivity index (χ3n) is 3.52. The fraction of sp³-hybridized carbons (Fsp3) is 0.294. The topological polar surface area (TPSA) is 27.3 Å². The Morgan fingerprint density at radius 1 is 0.708 bits per heavy atom. The van der Waals surface area contributed by atoms with E-state index in [0.717, 1.165) is 37.6 Å². The standard InChI is InChI=1S/C17H19Cl4N3/c1-24(10-8-22-16-12(18)4-2-5-13(16)19)11-9-23-17-14(20)6-3-7-15(17)21/h2-7,22-23H,8-11H2,1H3. The summed E-state index contributed by atoms with van der Waals surface area (Å²) in [4.78, 5) is 2.19. The summed E-state index contributed by atoms with van der Waals surface area (Å²) >= 11 is 24.5. The van der Waals surface area contributed by atoms with Gasteiger partial charge in [-0.2, -0.15) is 0 Å². The average molecular weight is 407 g/mol. The van der Waals surface area contributed by atoms with Crippen molar-refractivity contribution >= 4 is 57.8 Å². The van der Waals surface area contributed by atoms with E-state index in [4.69, 9.17) is 46.4 Å². The molecule has 0 radical (unpaired) electrons. The van der Waals surface area contributed by atoms with E-state index in [1.54, 1.807) is 0 Å². The van der Waals surface area contributed by atoms with Crippen LogP contribution < -0.4 is 10.6 Å². The maximum atomic E-state index is 6.13. The predicted molar refractivity (Wildman–Crippen MR) is 107 cm³/mol. The van der Waals surface area contributed by atoms with Gasteiger partial charge < -0.3 is 15.5 Å². The van der Waals surface area contributed by atoms with Crippen molar-refractivity contribution in [3.05, 3.63) is 56.5 Å². The van der Waals surface area contributed by atoms with E-state index in [1.165, 1.54) is 0 Å². The summed E-state index contributed by atoms with van der Waals surface area (Å²) in [6.07, 6.45) is 0. The van der Waals surface area contributed by atoms with Crippen molar-refractivity contribution in [2.24, 2.45) is 0 Å². The number of nitrogens with zero attached hydrogens (tertiary/aromatic N) is 1. The number of hydrogen-bond donors (Lipinski definition) is 2. The first-order valence-electron chi connectivity index (χ1n) is 7.53. The van der Waals surface area contributed by atoms with Crippen LogP contribution in [-0.4, -0.2) is 38.1 Å². The van der Waals surface area contributed by atoms with Crippen molar-refractivity contribution in [3.63, 3.8) is 0 Å². The summed E-state index contributed by atoms with van der Waals surface area (Å²) < 4.78 is 0. The molecule has 0 aliphatic carbocycles. The van der Waals surface area contributed by atoms with Gasteiger partial charge in [0.2, 0.25) is 0 Å². The van der Waals surface area contributed by atoms with Gasteiger partial charge in [0, 0.05) is 26.2 Å². The minimum absolute atomic E-state index is 0.625. The maximum Gasteiger partial charge on any atom is 0.0719 e. The Hall–Kier alpha value is -0.840. The molecule has 0 saturated carbocycles. The Morgan fingerprint density at radius 3 is 1.38 bits per heavy atom. The Kier molecular flexibility index (Phi) is 7.79. The van der Waals surface area contributed by atoms with Crippen LogP contribution in [0.1, 0.15) is 0 Å². The number of hydrogen-bond acceptors (Lipinski definition) is 3. The monoisotopic (exact) mass is 405 g/mol. The van der Waals surface area contributed by atoms with Gasteiger partial charge in [0.15, 0.2) is 0 Å². The number of halogens is 4. The highest BCUT2D eigenvalue weighted by atomic mass is 35.5. The molecule has 0 aliphatic rings.